The average molecular weight is 254 g/mol. The lowest BCUT2D eigenvalue weighted by Gasteiger charge is -2.26. The Kier molecular flexibility index (Phi) is 4.00. The lowest BCUT2D eigenvalue weighted by atomic mass is 9.80. The van der Waals surface area contributed by atoms with E-state index in [1.165, 1.54) is 0 Å². The third kappa shape index (κ3) is 3.71. The molecule has 0 N–H and O–H groups in total. The molecule has 1 heterocycles. The molecule has 0 aromatic heterocycles. The van der Waals surface area contributed by atoms with Crippen LogP contribution in [-0.4, -0.2) is 24.8 Å². The van der Waals surface area contributed by atoms with E-state index < -0.39 is 0 Å². The second kappa shape index (κ2) is 5.20. The van der Waals surface area contributed by atoms with E-state index >= 15 is 0 Å². The molecular weight excluding hydrogens is 228 g/mol. The average Bonchev–Trinajstić information content (AvgIpc) is 3.03. The Hall–Kier alpha value is -0.570. The van der Waals surface area contributed by atoms with Crippen LogP contribution >= 0.6 is 0 Å². The molecule has 2 aliphatic rings. The normalized spacial score (nSPS) is 32.6. The van der Waals surface area contributed by atoms with Gasteiger partial charge in [0.1, 0.15) is 0 Å². The molecule has 0 aromatic carbocycles. The Labute approximate surface area is 110 Å². The van der Waals surface area contributed by atoms with Gasteiger partial charge >= 0.3 is 5.97 Å². The fourth-order valence-corrected chi connectivity index (χ4v) is 2.46. The summed E-state index contributed by atoms with van der Waals surface area (Å²) in [4.78, 5) is 11.8. The summed E-state index contributed by atoms with van der Waals surface area (Å²) in [5, 5.41) is 0. The standard InChI is InChI=1S/C15H26O3/c1-10(15(2,3)4)7-14(16)17-9-11-5-6-12-13(8-11)18-12/h10-13H,5-9H2,1-4H3. The van der Waals surface area contributed by atoms with E-state index in [4.69, 9.17) is 9.47 Å². The van der Waals surface area contributed by atoms with E-state index in [2.05, 4.69) is 27.7 Å². The topological polar surface area (TPSA) is 38.8 Å². The fourth-order valence-electron chi connectivity index (χ4n) is 2.46. The van der Waals surface area contributed by atoms with Gasteiger partial charge in [0.15, 0.2) is 0 Å². The molecule has 0 bridgehead atoms. The summed E-state index contributed by atoms with van der Waals surface area (Å²) in [6.07, 6.45) is 4.88. The maximum atomic E-state index is 11.8. The molecule has 4 atom stereocenters. The first-order valence-corrected chi connectivity index (χ1v) is 7.17. The maximum Gasteiger partial charge on any atom is 0.306 e. The van der Waals surface area contributed by atoms with Crippen LogP contribution < -0.4 is 0 Å². The van der Waals surface area contributed by atoms with Crippen molar-refractivity contribution in [3.8, 4) is 0 Å². The molecule has 0 aromatic rings. The van der Waals surface area contributed by atoms with Crippen molar-refractivity contribution < 1.29 is 14.3 Å². The van der Waals surface area contributed by atoms with Crippen LogP contribution in [0.15, 0.2) is 0 Å². The molecule has 0 spiro atoms. The van der Waals surface area contributed by atoms with Gasteiger partial charge in [0.25, 0.3) is 0 Å². The van der Waals surface area contributed by atoms with Gasteiger partial charge in [-0.15, -0.1) is 0 Å². The molecule has 1 saturated heterocycles. The minimum Gasteiger partial charge on any atom is -0.465 e. The first-order valence-electron chi connectivity index (χ1n) is 7.17. The Balaban J connectivity index is 1.65. The number of epoxide rings is 1. The molecule has 1 aliphatic heterocycles. The van der Waals surface area contributed by atoms with E-state index in [1.54, 1.807) is 0 Å². The van der Waals surface area contributed by atoms with E-state index in [9.17, 15) is 4.79 Å². The largest absolute Gasteiger partial charge is 0.465 e. The van der Waals surface area contributed by atoms with Crippen molar-refractivity contribution in [2.75, 3.05) is 6.61 Å². The lowest BCUT2D eigenvalue weighted by molar-refractivity contribution is -0.147. The molecular formula is C15H26O3. The molecule has 1 aliphatic carbocycles. The Morgan fingerprint density at radius 1 is 1.33 bits per heavy atom. The highest BCUT2D eigenvalue weighted by atomic mass is 16.6. The van der Waals surface area contributed by atoms with Crippen molar-refractivity contribution in [1.29, 1.82) is 0 Å². The quantitative estimate of drug-likeness (QED) is 0.571. The van der Waals surface area contributed by atoms with Gasteiger partial charge in [-0.1, -0.05) is 27.7 Å². The van der Waals surface area contributed by atoms with Gasteiger partial charge in [-0.05, 0) is 36.5 Å². The first-order chi connectivity index (χ1) is 8.36. The highest BCUT2D eigenvalue weighted by Crippen LogP contribution is 2.39. The number of carbonyl (C=O) groups excluding carboxylic acids is 1. The summed E-state index contributed by atoms with van der Waals surface area (Å²) >= 11 is 0. The van der Waals surface area contributed by atoms with Crippen LogP contribution in [0.3, 0.4) is 0 Å². The SMILES string of the molecule is CC(CC(=O)OCC1CCC2OC2C1)C(C)(C)C. The summed E-state index contributed by atoms with van der Waals surface area (Å²) < 4.78 is 10.9. The number of hydrogen-bond acceptors (Lipinski definition) is 3. The van der Waals surface area contributed by atoms with E-state index in [1.807, 2.05) is 0 Å². The van der Waals surface area contributed by atoms with Crippen molar-refractivity contribution in [3.63, 3.8) is 0 Å². The zero-order valence-corrected chi connectivity index (χ0v) is 12.1. The van der Waals surface area contributed by atoms with Gasteiger partial charge in [0.05, 0.1) is 18.8 Å². The first kappa shape index (κ1) is 13.9. The summed E-state index contributed by atoms with van der Waals surface area (Å²) in [7, 11) is 0. The number of carbonyl (C=O) groups is 1. The van der Waals surface area contributed by atoms with Crippen LogP contribution in [0.25, 0.3) is 0 Å². The highest BCUT2D eigenvalue weighted by molar-refractivity contribution is 5.69. The molecule has 2 fully saturated rings. The van der Waals surface area contributed by atoms with Crippen LogP contribution in [0.5, 0.6) is 0 Å². The third-order valence-electron chi connectivity index (χ3n) is 4.54. The molecule has 2 rings (SSSR count). The van der Waals surface area contributed by atoms with Gasteiger partial charge in [-0.3, -0.25) is 4.79 Å². The van der Waals surface area contributed by atoms with Crippen molar-refractivity contribution in [2.45, 2.75) is 65.6 Å². The second-order valence-corrected chi connectivity index (χ2v) is 7.05. The molecule has 0 amide bonds. The van der Waals surface area contributed by atoms with Crippen LogP contribution in [0, 0.1) is 17.3 Å². The Bertz CT molecular complexity index is 305. The van der Waals surface area contributed by atoms with Gasteiger partial charge < -0.3 is 9.47 Å². The monoisotopic (exact) mass is 254 g/mol. The summed E-state index contributed by atoms with van der Waals surface area (Å²) in [5.74, 6) is 0.825. The molecule has 18 heavy (non-hydrogen) atoms. The summed E-state index contributed by atoms with van der Waals surface area (Å²) in [6.45, 7) is 9.19. The number of ether oxygens (including phenoxy) is 2. The minimum atomic E-state index is -0.0451. The van der Waals surface area contributed by atoms with Gasteiger partial charge in [0, 0.05) is 6.42 Å². The number of esters is 1. The van der Waals surface area contributed by atoms with E-state index in [-0.39, 0.29) is 11.4 Å². The predicted molar refractivity (Wildman–Crippen MR) is 70.2 cm³/mol. The highest BCUT2D eigenvalue weighted by Gasteiger charge is 2.44. The molecule has 1 saturated carbocycles. The zero-order valence-electron chi connectivity index (χ0n) is 12.1. The zero-order chi connectivity index (χ0) is 13.3. The van der Waals surface area contributed by atoms with Gasteiger partial charge in [-0.2, -0.15) is 0 Å². The Morgan fingerprint density at radius 2 is 2.06 bits per heavy atom. The molecule has 3 nitrogen and oxygen atoms in total. The number of hydrogen-bond donors (Lipinski definition) is 0. The van der Waals surface area contributed by atoms with Gasteiger partial charge in [0.2, 0.25) is 0 Å². The van der Waals surface area contributed by atoms with Gasteiger partial charge in [-0.25, -0.2) is 0 Å². The van der Waals surface area contributed by atoms with E-state index in [0.717, 1.165) is 19.3 Å². The third-order valence-corrected chi connectivity index (χ3v) is 4.54. The smallest absolute Gasteiger partial charge is 0.306 e. The number of rotatable bonds is 4. The molecule has 104 valence electrons. The minimum absolute atomic E-state index is 0.0451. The van der Waals surface area contributed by atoms with Crippen LogP contribution in [0.1, 0.15) is 53.4 Å². The summed E-state index contributed by atoms with van der Waals surface area (Å²) in [5.41, 5.74) is 0.166. The van der Waals surface area contributed by atoms with Crippen LogP contribution in [0.2, 0.25) is 0 Å². The van der Waals surface area contributed by atoms with Crippen molar-refractivity contribution in [3.05, 3.63) is 0 Å². The molecule has 3 heteroatoms. The summed E-state index contributed by atoms with van der Waals surface area (Å²) in [6, 6.07) is 0. The second-order valence-electron chi connectivity index (χ2n) is 7.05. The predicted octanol–water partition coefficient (Wildman–Crippen LogP) is 3.17. The van der Waals surface area contributed by atoms with E-state index in [0.29, 0.717) is 37.1 Å². The van der Waals surface area contributed by atoms with Crippen molar-refractivity contribution in [1.82, 2.24) is 0 Å². The Morgan fingerprint density at radius 3 is 2.67 bits per heavy atom. The fraction of sp³-hybridized carbons (Fsp3) is 0.933. The molecule has 0 radical (unpaired) electrons. The van der Waals surface area contributed by atoms with Crippen LogP contribution in [0.4, 0.5) is 0 Å². The maximum absolute atomic E-state index is 11.8. The molecule has 4 unspecified atom stereocenters. The van der Waals surface area contributed by atoms with Crippen molar-refractivity contribution in [2.24, 2.45) is 17.3 Å². The number of fused-ring (bicyclic) bond motifs is 1. The van der Waals surface area contributed by atoms with Crippen molar-refractivity contribution >= 4 is 5.97 Å². The lowest BCUT2D eigenvalue weighted by Crippen LogP contribution is -2.24. The van der Waals surface area contributed by atoms with Crippen LogP contribution in [-0.2, 0) is 14.3 Å².